The van der Waals surface area contributed by atoms with Gasteiger partial charge in [-0.1, -0.05) is 12.8 Å². The van der Waals surface area contributed by atoms with Crippen molar-refractivity contribution in [3.8, 4) is 11.5 Å². The number of nitro groups is 1. The number of nitro benzene ring substituents is 1. The van der Waals surface area contributed by atoms with Gasteiger partial charge in [0.2, 0.25) is 5.75 Å². The SMILES string of the molecule is CCOc1cc([C@H]2C(C(=O)OC3CCCCCC3)=C(C)NC3=C2C(=O)CCC3)cc([N+](=O)[O-])c1O. The van der Waals surface area contributed by atoms with E-state index in [-0.39, 0.29) is 29.8 Å². The molecule has 0 unspecified atom stereocenters. The molecule has 9 nitrogen and oxygen atoms in total. The summed E-state index contributed by atoms with van der Waals surface area (Å²) in [6, 6.07) is 2.72. The summed E-state index contributed by atoms with van der Waals surface area (Å²) < 4.78 is 11.4. The van der Waals surface area contributed by atoms with Crippen molar-refractivity contribution in [2.24, 2.45) is 0 Å². The molecule has 0 radical (unpaired) electrons. The molecule has 1 saturated carbocycles. The number of carbonyl (C=O) groups excluding carboxylic acids is 2. The fourth-order valence-electron chi connectivity index (χ4n) is 5.35. The van der Waals surface area contributed by atoms with Crippen LogP contribution in [-0.2, 0) is 14.3 Å². The van der Waals surface area contributed by atoms with E-state index in [4.69, 9.17) is 9.47 Å². The van der Waals surface area contributed by atoms with E-state index in [1.54, 1.807) is 13.8 Å². The summed E-state index contributed by atoms with van der Waals surface area (Å²) in [4.78, 5) is 37.8. The van der Waals surface area contributed by atoms with Crippen molar-refractivity contribution in [2.45, 2.75) is 83.7 Å². The summed E-state index contributed by atoms with van der Waals surface area (Å²) in [5.41, 5.74) is 1.79. The van der Waals surface area contributed by atoms with Crippen LogP contribution in [0.4, 0.5) is 5.69 Å². The second kappa shape index (κ2) is 10.5. The zero-order valence-corrected chi connectivity index (χ0v) is 20.2. The second-order valence-electron chi connectivity index (χ2n) is 9.36. The molecular formula is C26H32N2O7. The Labute approximate surface area is 204 Å². The normalized spacial score (nSPS) is 21.2. The standard InChI is InChI=1S/C26H32N2O7/c1-3-34-21-14-16(13-19(25(21)30)28(32)33)23-22(26(31)35-17-9-6-4-5-7-10-17)15(2)27-18-11-8-12-20(29)24(18)23/h13-14,17,23,27,30H,3-12H2,1-2H3/t23-/m0/s1. The van der Waals surface area contributed by atoms with Crippen LogP contribution in [-0.4, -0.2) is 34.5 Å². The number of esters is 1. The van der Waals surface area contributed by atoms with Crippen molar-refractivity contribution in [1.29, 1.82) is 0 Å². The summed E-state index contributed by atoms with van der Waals surface area (Å²) >= 11 is 0. The molecule has 3 aliphatic rings. The predicted octanol–water partition coefficient (Wildman–Crippen LogP) is 4.93. The lowest BCUT2D eigenvalue weighted by molar-refractivity contribution is -0.386. The number of ketones is 1. The number of ether oxygens (including phenoxy) is 2. The van der Waals surface area contributed by atoms with Crippen LogP contribution >= 0.6 is 0 Å². The van der Waals surface area contributed by atoms with Gasteiger partial charge in [-0.25, -0.2) is 4.79 Å². The van der Waals surface area contributed by atoms with E-state index in [9.17, 15) is 24.8 Å². The first-order chi connectivity index (χ1) is 16.8. The monoisotopic (exact) mass is 484 g/mol. The Bertz CT molecular complexity index is 1100. The van der Waals surface area contributed by atoms with Gasteiger partial charge in [0, 0.05) is 35.4 Å². The van der Waals surface area contributed by atoms with Gasteiger partial charge in [0.1, 0.15) is 6.10 Å². The maximum atomic E-state index is 13.6. The molecule has 1 aromatic rings. The minimum absolute atomic E-state index is 0.0604. The van der Waals surface area contributed by atoms with Gasteiger partial charge in [0.15, 0.2) is 11.5 Å². The van der Waals surface area contributed by atoms with Gasteiger partial charge >= 0.3 is 11.7 Å². The number of benzene rings is 1. The average Bonchev–Trinajstić information content (AvgIpc) is 3.08. The summed E-state index contributed by atoms with van der Waals surface area (Å²) in [6.07, 6.45) is 7.26. The van der Waals surface area contributed by atoms with E-state index in [1.165, 1.54) is 12.1 Å². The van der Waals surface area contributed by atoms with Gasteiger partial charge in [-0.15, -0.1) is 0 Å². The maximum absolute atomic E-state index is 13.6. The quantitative estimate of drug-likeness (QED) is 0.252. The number of aromatic hydroxyl groups is 1. The molecule has 0 aromatic heterocycles. The van der Waals surface area contributed by atoms with Crippen molar-refractivity contribution in [3.63, 3.8) is 0 Å². The third-order valence-electron chi connectivity index (χ3n) is 6.98. The number of allylic oxidation sites excluding steroid dienone is 3. The van der Waals surface area contributed by atoms with Crippen LogP contribution in [0.3, 0.4) is 0 Å². The number of Topliss-reactive ketones (excluding diaryl/α,β-unsaturated/α-hetero) is 1. The van der Waals surface area contributed by atoms with Gasteiger partial charge in [0.05, 0.1) is 17.1 Å². The molecule has 0 spiro atoms. The lowest BCUT2D eigenvalue weighted by Crippen LogP contribution is -2.35. The third-order valence-corrected chi connectivity index (χ3v) is 6.98. The Morgan fingerprint density at radius 3 is 2.54 bits per heavy atom. The molecule has 1 atom stereocenters. The fourth-order valence-corrected chi connectivity index (χ4v) is 5.35. The number of phenols is 1. The first kappa shape index (κ1) is 24.8. The number of rotatable bonds is 6. The Kier molecular flexibility index (Phi) is 7.42. The lowest BCUT2D eigenvalue weighted by Gasteiger charge is -2.34. The highest BCUT2D eigenvalue weighted by molar-refractivity contribution is 6.04. The molecule has 35 heavy (non-hydrogen) atoms. The van der Waals surface area contributed by atoms with Gasteiger partial charge in [-0.3, -0.25) is 14.9 Å². The smallest absolute Gasteiger partial charge is 0.337 e. The molecule has 0 bridgehead atoms. The number of carbonyl (C=O) groups is 2. The van der Waals surface area contributed by atoms with Crippen molar-refractivity contribution in [1.82, 2.24) is 5.32 Å². The van der Waals surface area contributed by atoms with Crippen LogP contribution < -0.4 is 10.1 Å². The van der Waals surface area contributed by atoms with Gasteiger partial charge < -0.3 is 19.9 Å². The molecular weight excluding hydrogens is 452 g/mol. The summed E-state index contributed by atoms with van der Waals surface area (Å²) in [5.74, 6) is -2.12. The van der Waals surface area contributed by atoms with Crippen LogP contribution in [0.2, 0.25) is 0 Å². The molecule has 1 fully saturated rings. The number of hydrogen-bond acceptors (Lipinski definition) is 8. The first-order valence-corrected chi connectivity index (χ1v) is 12.4. The van der Waals surface area contributed by atoms with E-state index in [0.29, 0.717) is 36.1 Å². The van der Waals surface area contributed by atoms with Crippen molar-refractivity contribution >= 4 is 17.4 Å². The van der Waals surface area contributed by atoms with Crippen LogP contribution in [0.15, 0.2) is 34.7 Å². The van der Waals surface area contributed by atoms with Crippen molar-refractivity contribution < 1.29 is 29.1 Å². The molecule has 1 aliphatic heterocycles. The van der Waals surface area contributed by atoms with E-state index < -0.39 is 28.2 Å². The molecule has 9 heteroatoms. The molecule has 4 rings (SSSR count). The van der Waals surface area contributed by atoms with E-state index in [2.05, 4.69) is 5.32 Å². The van der Waals surface area contributed by atoms with Crippen molar-refractivity contribution in [2.75, 3.05) is 6.61 Å². The largest absolute Gasteiger partial charge is 0.500 e. The molecule has 1 heterocycles. The first-order valence-electron chi connectivity index (χ1n) is 12.4. The van der Waals surface area contributed by atoms with Gasteiger partial charge in [-0.05, 0) is 64.0 Å². The van der Waals surface area contributed by atoms with Crippen LogP contribution in [0.25, 0.3) is 0 Å². The summed E-state index contributed by atoms with van der Waals surface area (Å²) in [6.45, 7) is 3.64. The molecule has 2 aliphatic carbocycles. The summed E-state index contributed by atoms with van der Waals surface area (Å²) in [7, 11) is 0. The molecule has 188 valence electrons. The molecule has 0 saturated heterocycles. The minimum Gasteiger partial charge on any atom is -0.500 e. The Balaban J connectivity index is 1.83. The van der Waals surface area contributed by atoms with Gasteiger partial charge in [-0.2, -0.15) is 0 Å². The predicted molar refractivity (Wildman–Crippen MR) is 128 cm³/mol. The number of nitrogens with one attached hydrogen (secondary N) is 1. The molecule has 1 aromatic carbocycles. The average molecular weight is 485 g/mol. The van der Waals surface area contributed by atoms with Crippen molar-refractivity contribution in [3.05, 3.63) is 50.4 Å². The van der Waals surface area contributed by atoms with Crippen LogP contribution in [0.5, 0.6) is 11.5 Å². The number of nitrogens with zero attached hydrogens (tertiary/aromatic N) is 1. The zero-order valence-electron chi connectivity index (χ0n) is 20.2. The maximum Gasteiger partial charge on any atom is 0.337 e. The third kappa shape index (κ3) is 5.04. The topological polar surface area (TPSA) is 128 Å². The number of dihydropyridines is 1. The number of phenolic OH excluding ortho intramolecular Hbond substituents is 1. The lowest BCUT2D eigenvalue weighted by atomic mass is 9.75. The van der Waals surface area contributed by atoms with E-state index in [0.717, 1.165) is 44.2 Å². The highest BCUT2D eigenvalue weighted by Crippen LogP contribution is 2.47. The van der Waals surface area contributed by atoms with Crippen LogP contribution in [0.1, 0.15) is 83.1 Å². The zero-order chi connectivity index (χ0) is 25.1. The van der Waals surface area contributed by atoms with E-state index >= 15 is 0 Å². The molecule has 0 amide bonds. The second-order valence-corrected chi connectivity index (χ2v) is 9.36. The summed E-state index contributed by atoms with van der Waals surface area (Å²) in [5, 5.41) is 25.4. The Morgan fingerprint density at radius 2 is 1.89 bits per heavy atom. The van der Waals surface area contributed by atoms with Gasteiger partial charge in [0.25, 0.3) is 0 Å². The van der Waals surface area contributed by atoms with Crippen LogP contribution in [0, 0.1) is 10.1 Å². The minimum atomic E-state index is -0.851. The Morgan fingerprint density at radius 1 is 1.17 bits per heavy atom. The van der Waals surface area contributed by atoms with E-state index in [1.807, 2.05) is 0 Å². The molecule has 2 N–H and O–H groups in total. The number of hydrogen-bond donors (Lipinski definition) is 2. The highest BCUT2D eigenvalue weighted by atomic mass is 16.6. The Hall–Kier alpha value is -3.36. The highest BCUT2D eigenvalue weighted by Gasteiger charge is 2.41. The fraction of sp³-hybridized carbons (Fsp3) is 0.538.